The van der Waals surface area contributed by atoms with Crippen LogP contribution >= 0.6 is 11.6 Å². The van der Waals surface area contributed by atoms with E-state index in [1.165, 1.54) is 14.2 Å². The molecule has 1 rings (SSSR count). The van der Waals surface area contributed by atoms with Crippen molar-refractivity contribution in [3.8, 4) is 11.5 Å². The smallest absolute Gasteiger partial charge is 0.255 e. The van der Waals surface area contributed by atoms with Crippen molar-refractivity contribution in [3.05, 3.63) is 35.4 Å². The third-order valence-electron chi connectivity index (χ3n) is 2.09. The van der Waals surface area contributed by atoms with Crippen LogP contribution in [-0.2, 0) is 0 Å². The Morgan fingerprint density at radius 3 is 2.65 bits per heavy atom. The lowest BCUT2D eigenvalue weighted by Gasteiger charge is -2.10. The molecular weight excluding hydrogens is 242 g/mol. The molecule has 0 spiro atoms. The maximum Gasteiger partial charge on any atom is 0.255 e. The summed E-state index contributed by atoms with van der Waals surface area (Å²) < 4.78 is 10.2. The summed E-state index contributed by atoms with van der Waals surface area (Å²) in [7, 11) is 3.03. The van der Waals surface area contributed by atoms with E-state index >= 15 is 0 Å². The van der Waals surface area contributed by atoms with E-state index < -0.39 is 0 Å². The van der Waals surface area contributed by atoms with Crippen LogP contribution in [-0.4, -0.2) is 26.7 Å². The van der Waals surface area contributed by atoms with E-state index in [9.17, 15) is 4.79 Å². The molecule has 1 aromatic carbocycles. The molecule has 0 saturated carbocycles. The average molecular weight is 256 g/mol. The summed E-state index contributed by atoms with van der Waals surface area (Å²) in [6, 6.07) is 4.99. The maximum absolute atomic E-state index is 11.9. The molecule has 0 aliphatic rings. The number of rotatable bonds is 5. The molecule has 1 aromatic rings. The first-order valence-corrected chi connectivity index (χ1v) is 5.29. The van der Waals surface area contributed by atoms with Gasteiger partial charge in [-0.1, -0.05) is 18.2 Å². The van der Waals surface area contributed by atoms with Crippen LogP contribution in [0.3, 0.4) is 0 Å². The van der Waals surface area contributed by atoms with Crippen LogP contribution in [0.25, 0.3) is 0 Å². The number of carbonyl (C=O) groups is 1. The van der Waals surface area contributed by atoms with E-state index in [1.54, 1.807) is 18.2 Å². The first-order valence-electron chi connectivity index (χ1n) is 4.92. The Kier molecular flexibility index (Phi) is 4.84. The highest BCUT2D eigenvalue weighted by Crippen LogP contribution is 2.23. The number of halogens is 1. The molecule has 5 heteroatoms. The summed E-state index contributed by atoms with van der Waals surface area (Å²) in [5.74, 6) is 0.770. The van der Waals surface area contributed by atoms with Gasteiger partial charge in [-0.2, -0.15) is 0 Å². The molecule has 1 N–H and O–H groups in total. The molecule has 0 aromatic heterocycles. The van der Waals surface area contributed by atoms with Gasteiger partial charge in [-0.15, -0.1) is 0 Å². The Balaban J connectivity index is 2.93. The number of carbonyl (C=O) groups excluding carboxylic acids is 1. The molecule has 0 heterocycles. The van der Waals surface area contributed by atoms with E-state index in [0.29, 0.717) is 22.1 Å². The zero-order valence-corrected chi connectivity index (χ0v) is 10.5. The van der Waals surface area contributed by atoms with Crippen molar-refractivity contribution in [2.45, 2.75) is 0 Å². The second kappa shape index (κ2) is 6.15. The lowest BCUT2D eigenvalue weighted by molar-refractivity contribution is 0.0954. The number of hydrogen-bond acceptors (Lipinski definition) is 3. The monoisotopic (exact) mass is 255 g/mol. The summed E-state index contributed by atoms with van der Waals surface area (Å²) in [4.78, 5) is 11.9. The second-order valence-electron chi connectivity index (χ2n) is 3.27. The molecule has 92 valence electrons. The number of amides is 1. The van der Waals surface area contributed by atoms with Crippen molar-refractivity contribution in [3.63, 3.8) is 0 Å². The molecule has 1 amide bonds. The summed E-state index contributed by atoms with van der Waals surface area (Å²) in [6.07, 6.45) is 0. The van der Waals surface area contributed by atoms with Gasteiger partial charge < -0.3 is 14.8 Å². The normalized spacial score (nSPS) is 9.59. The molecule has 0 atom stereocenters. The zero-order valence-electron chi connectivity index (χ0n) is 9.75. The van der Waals surface area contributed by atoms with E-state index in [4.69, 9.17) is 21.1 Å². The van der Waals surface area contributed by atoms with Crippen molar-refractivity contribution in [1.82, 2.24) is 5.32 Å². The number of hydrogen-bond donors (Lipinski definition) is 1. The average Bonchev–Trinajstić information content (AvgIpc) is 2.34. The number of ether oxygens (including phenoxy) is 2. The molecule has 0 aliphatic carbocycles. The molecule has 0 aliphatic heterocycles. The molecule has 0 radical (unpaired) electrons. The van der Waals surface area contributed by atoms with Crippen molar-refractivity contribution in [2.75, 3.05) is 20.8 Å². The Hall–Kier alpha value is -1.68. The van der Waals surface area contributed by atoms with Crippen molar-refractivity contribution < 1.29 is 14.3 Å². The largest absolute Gasteiger partial charge is 0.497 e. The van der Waals surface area contributed by atoms with E-state index in [0.717, 1.165) is 0 Å². The molecule has 17 heavy (non-hydrogen) atoms. The van der Waals surface area contributed by atoms with Gasteiger partial charge >= 0.3 is 0 Å². The van der Waals surface area contributed by atoms with Crippen molar-refractivity contribution >= 4 is 17.5 Å². The predicted octanol–water partition coefficient (Wildman–Crippen LogP) is 2.19. The number of methoxy groups -OCH3 is 2. The minimum Gasteiger partial charge on any atom is -0.497 e. The van der Waals surface area contributed by atoms with Crippen LogP contribution < -0.4 is 14.8 Å². The summed E-state index contributed by atoms with van der Waals surface area (Å²) >= 11 is 5.58. The number of benzene rings is 1. The fourth-order valence-corrected chi connectivity index (χ4v) is 1.33. The number of nitrogens with one attached hydrogen (secondary N) is 1. The molecule has 4 nitrogen and oxygen atoms in total. The highest BCUT2D eigenvalue weighted by atomic mass is 35.5. The van der Waals surface area contributed by atoms with Crippen LogP contribution in [0.5, 0.6) is 11.5 Å². The lowest BCUT2D eigenvalue weighted by Crippen LogP contribution is -2.25. The van der Waals surface area contributed by atoms with E-state index in [2.05, 4.69) is 11.9 Å². The Labute approximate surface area is 105 Å². The Morgan fingerprint density at radius 2 is 2.12 bits per heavy atom. The van der Waals surface area contributed by atoms with Crippen LogP contribution in [0.4, 0.5) is 0 Å². The van der Waals surface area contributed by atoms with Gasteiger partial charge in [-0.3, -0.25) is 4.79 Å². The Morgan fingerprint density at radius 1 is 1.41 bits per heavy atom. The first-order chi connectivity index (χ1) is 8.08. The van der Waals surface area contributed by atoms with Crippen LogP contribution in [0, 0.1) is 0 Å². The van der Waals surface area contributed by atoms with Gasteiger partial charge in [-0.25, -0.2) is 0 Å². The molecular formula is C12H14ClNO3. The maximum atomic E-state index is 11.9. The molecule has 0 fully saturated rings. The summed E-state index contributed by atoms with van der Waals surface area (Å²) in [6.45, 7) is 3.70. The molecule has 0 unspecified atom stereocenters. The third kappa shape index (κ3) is 3.67. The van der Waals surface area contributed by atoms with Gasteiger partial charge in [0.25, 0.3) is 5.91 Å². The zero-order chi connectivity index (χ0) is 12.8. The van der Waals surface area contributed by atoms with Crippen molar-refractivity contribution in [1.29, 1.82) is 0 Å². The Bertz CT molecular complexity index is 432. The lowest BCUT2D eigenvalue weighted by atomic mass is 10.1. The fraction of sp³-hybridized carbons (Fsp3) is 0.250. The summed E-state index contributed by atoms with van der Waals surface area (Å²) in [5.41, 5.74) is 0.393. The second-order valence-corrected chi connectivity index (χ2v) is 3.80. The fourth-order valence-electron chi connectivity index (χ4n) is 1.26. The SMILES string of the molecule is C=C(Cl)CNC(=O)c1cc(OC)ccc1OC. The van der Waals surface area contributed by atoms with Gasteiger partial charge in [0.1, 0.15) is 11.5 Å². The van der Waals surface area contributed by atoms with E-state index in [1.807, 2.05) is 0 Å². The van der Waals surface area contributed by atoms with E-state index in [-0.39, 0.29) is 12.5 Å². The minimum atomic E-state index is -0.289. The first kappa shape index (κ1) is 13.4. The van der Waals surface area contributed by atoms with Crippen LogP contribution in [0.2, 0.25) is 0 Å². The van der Waals surface area contributed by atoms with Crippen LogP contribution in [0.1, 0.15) is 10.4 Å². The highest BCUT2D eigenvalue weighted by Gasteiger charge is 2.13. The van der Waals surface area contributed by atoms with Gasteiger partial charge in [0.15, 0.2) is 0 Å². The topological polar surface area (TPSA) is 47.6 Å². The predicted molar refractivity (Wildman–Crippen MR) is 66.9 cm³/mol. The van der Waals surface area contributed by atoms with Gasteiger partial charge in [0.05, 0.1) is 26.3 Å². The molecule has 0 bridgehead atoms. The van der Waals surface area contributed by atoms with Gasteiger partial charge in [0.2, 0.25) is 0 Å². The minimum absolute atomic E-state index is 0.209. The van der Waals surface area contributed by atoms with Crippen molar-refractivity contribution in [2.24, 2.45) is 0 Å². The standard InChI is InChI=1S/C12H14ClNO3/c1-8(13)7-14-12(15)10-6-9(16-2)4-5-11(10)17-3/h4-6H,1,7H2,2-3H3,(H,14,15). The third-order valence-corrected chi connectivity index (χ3v) is 2.23. The molecule has 0 saturated heterocycles. The summed E-state index contributed by atoms with van der Waals surface area (Å²) in [5, 5.41) is 2.98. The highest BCUT2D eigenvalue weighted by molar-refractivity contribution is 6.29. The van der Waals surface area contributed by atoms with Gasteiger partial charge in [-0.05, 0) is 18.2 Å². The quantitative estimate of drug-likeness (QED) is 0.877. The van der Waals surface area contributed by atoms with Gasteiger partial charge in [0, 0.05) is 5.03 Å². The van der Waals surface area contributed by atoms with Crippen LogP contribution in [0.15, 0.2) is 29.8 Å².